The largest absolute Gasteiger partial charge is 0.464 e. The number of carboxylic acid groups (broad SMARTS) is 1. The molecule has 0 atom stereocenters. The lowest BCUT2D eigenvalue weighted by Crippen LogP contribution is -2.16. The van der Waals surface area contributed by atoms with Gasteiger partial charge in [-0.15, -0.1) is 0 Å². The van der Waals surface area contributed by atoms with Gasteiger partial charge in [0.1, 0.15) is 5.82 Å². The van der Waals surface area contributed by atoms with Gasteiger partial charge < -0.3 is 10.1 Å². The van der Waals surface area contributed by atoms with Gasteiger partial charge in [-0.25, -0.2) is 15.2 Å². The zero-order valence-electron chi connectivity index (χ0n) is 9.71. The van der Waals surface area contributed by atoms with E-state index in [9.17, 15) is 4.79 Å². The topological polar surface area (TPSA) is 90.4 Å². The van der Waals surface area contributed by atoms with Crippen LogP contribution < -0.4 is 5.43 Å². The first kappa shape index (κ1) is 11.8. The molecule has 0 aliphatic heterocycles. The van der Waals surface area contributed by atoms with Crippen LogP contribution in [-0.4, -0.2) is 26.9 Å². The number of carbonyl (C=O) groups is 1. The number of rotatable bonds is 3. The van der Waals surface area contributed by atoms with E-state index in [1.807, 2.05) is 35.8 Å². The summed E-state index contributed by atoms with van der Waals surface area (Å²) in [5, 5.41) is 12.1. The molecule has 1 aromatic heterocycles. The number of amides is 1. The highest BCUT2D eigenvalue weighted by atomic mass is 16.4. The van der Waals surface area contributed by atoms with Gasteiger partial charge >= 0.3 is 6.09 Å². The lowest BCUT2D eigenvalue weighted by atomic mass is 10.2. The highest BCUT2D eigenvalue weighted by Crippen LogP contribution is 2.14. The minimum atomic E-state index is -1.20. The van der Waals surface area contributed by atoms with Crippen LogP contribution in [0.25, 0.3) is 11.4 Å². The van der Waals surface area contributed by atoms with Gasteiger partial charge in [-0.05, 0) is 6.92 Å². The number of nitrogens with zero attached hydrogens (tertiary/aromatic N) is 2. The molecule has 0 bridgehead atoms. The molecule has 0 unspecified atom stereocenters. The Kier molecular flexibility index (Phi) is 3.38. The van der Waals surface area contributed by atoms with Crippen LogP contribution in [0.1, 0.15) is 12.6 Å². The Balaban J connectivity index is 2.21. The standard InChI is InChI=1S/C12H12N4O2/c1-8(15-16-12(17)18)10-7-13-11(14-10)9-5-3-2-4-6-9/h2-7,16H,1H3,(H,13,14)(H,17,18). The molecule has 0 aliphatic rings. The fraction of sp³-hybridized carbons (Fsp3) is 0.0833. The van der Waals surface area contributed by atoms with E-state index in [0.717, 1.165) is 11.4 Å². The summed E-state index contributed by atoms with van der Waals surface area (Å²) in [5.41, 5.74) is 4.10. The van der Waals surface area contributed by atoms with Gasteiger partial charge in [0.05, 0.1) is 17.6 Å². The lowest BCUT2D eigenvalue weighted by Gasteiger charge is -1.97. The van der Waals surface area contributed by atoms with Crippen LogP contribution in [0.5, 0.6) is 0 Å². The van der Waals surface area contributed by atoms with Crippen LogP contribution in [0.15, 0.2) is 41.6 Å². The van der Waals surface area contributed by atoms with E-state index < -0.39 is 6.09 Å². The molecule has 1 aromatic carbocycles. The summed E-state index contributed by atoms with van der Waals surface area (Å²) in [5.74, 6) is 0.718. The van der Waals surface area contributed by atoms with Crippen LogP contribution >= 0.6 is 0 Å². The maximum absolute atomic E-state index is 10.3. The fourth-order valence-electron chi connectivity index (χ4n) is 1.44. The molecule has 18 heavy (non-hydrogen) atoms. The molecule has 0 saturated heterocycles. The number of benzene rings is 1. The summed E-state index contributed by atoms with van der Waals surface area (Å²) >= 11 is 0. The van der Waals surface area contributed by atoms with Crippen LogP contribution in [-0.2, 0) is 0 Å². The van der Waals surface area contributed by atoms with E-state index in [2.05, 4.69) is 15.1 Å². The predicted octanol–water partition coefficient (Wildman–Crippen LogP) is 2.07. The second-order valence-corrected chi connectivity index (χ2v) is 3.63. The number of imidazole rings is 1. The molecule has 2 rings (SSSR count). The van der Waals surface area contributed by atoms with E-state index in [4.69, 9.17) is 5.11 Å². The molecule has 2 aromatic rings. The number of hydrogen-bond donors (Lipinski definition) is 3. The number of hydrazone groups is 1. The van der Waals surface area contributed by atoms with Crippen molar-refractivity contribution in [3.05, 3.63) is 42.2 Å². The van der Waals surface area contributed by atoms with Crippen molar-refractivity contribution in [3.63, 3.8) is 0 Å². The summed E-state index contributed by atoms with van der Waals surface area (Å²) in [4.78, 5) is 17.6. The first-order valence-corrected chi connectivity index (χ1v) is 5.31. The van der Waals surface area contributed by atoms with Crippen LogP contribution in [0, 0.1) is 0 Å². The van der Waals surface area contributed by atoms with Crippen LogP contribution in [0.2, 0.25) is 0 Å². The van der Waals surface area contributed by atoms with Gasteiger partial charge in [-0.3, -0.25) is 0 Å². The molecule has 1 amide bonds. The van der Waals surface area contributed by atoms with Crippen molar-refractivity contribution in [2.24, 2.45) is 5.10 Å². The summed E-state index contributed by atoms with van der Waals surface area (Å²) in [6.45, 7) is 1.69. The average molecular weight is 244 g/mol. The van der Waals surface area contributed by atoms with Crippen molar-refractivity contribution in [1.82, 2.24) is 15.4 Å². The van der Waals surface area contributed by atoms with E-state index in [0.29, 0.717) is 11.4 Å². The third-order valence-corrected chi connectivity index (χ3v) is 2.33. The van der Waals surface area contributed by atoms with Crippen molar-refractivity contribution in [3.8, 4) is 11.4 Å². The molecule has 0 saturated carbocycles. The number of aromatic nitrogens is 2. The van der Waals surface area contributed by atoms with Crippen molar-refractivity contribution >= 4 is 11.8 Å². The van der Waals surface area contributed by atoms with E-state index in [1.165, 1.54) is 0 Å². The predicted molar refractivity (Wildman–Crippen MR) is 67.4 cm³/mol. The first-order chi connectivity index (χ1) is 8.66. The molecular weight excluding hydrogens is 232 g/mol. The molecule has 6 nitrogen and oxygen atoms in total. The monoisotopic (exact) mass is 244 g/mol. The Labute approximate surface area is 103 Å². The molecule has 0 aliphatic carbocycles. The zero-order valence-corrected chi connectivity index (χ0v) is 9.71. The minimum Gasteiger partial charge on any atom is -0.464 e. The quantitative estimate of drug-likeness (QED) is 0.570. The smallest absolute Gasteiger partial charge is 0.425 e. The highest BCUT2D eigenvalue weighted by molar-refractivity contribution is 5.97. The number of H-pyrrole nitrogens is 1. The highest BCUT2D eigenvalue weighted by Gasteiger charge is 2.05. The fourth-order valence-corrected chi connectivity index (χ4v) is 1.44. The molecule has 0 spiro atoms. The normalized spacial score (nSPS) is 11.3. The zero-order chi connectivity index (χ0) is 13.0. The number of aromatic amines is 1. The Hall–Kier alpha value is -2.63. The SMILES string of the molecule is CC(=NNC(=O)O)c1cnc(-c2ccccc2)[nH]1. The molecule has 1 heterocycles. The lowest BCUT2D eigenvalue weighted by molar-refractivity contribution is 0.195. The average Bonchev–Trinajstić information content (AvgIpc) is 2.86. The number of hydrogen-bond acceptors (Lipinski definition) is 3. The Morgan fingerprint density at radius 1 is 1.39 bits per heavy atom. The molecule has 92 valence electrons. The van der Waals surface area contributed by atoms with Crippen molar-refractivity contribution in [2.75, 3.05) is 0 Å². The van der Waals surface area contributed by atoms with E-state index in [-0.39, 0.29) is 0 Å². The van der Waals surface area contributed by atoms with Gasteiger partial charge in [-0.1, -0.05) is 30.3 Å². The minimum absolute atomic E-state index is 0.520. The molecular formula is C12H12N4O2. The van der Waals surface area contributed by atoms with E-state index >= 15 is 0 Å². The summed E-state index contributed by atoms with van der Waals surface area (Å²) < 4.78 is 0. The maximum Gasteiger partial charge on any atom is 0.425 e. The second kappa shape index (κ2) is 5.13. The third-order valence-electron chi connectivity index (χ3n) is 2.33. The molecule has 0 radical (unpaired) electrons. The van der Waals surface area contributed by atoms with Crippen LogP contribution in [0.4, 0.5) is 4.79 Å². The second-order valence-electron chi connectivity index (χ2n) is 3.63. The van der Waals surface area contributed by atoms with Gasteiger partial charge in [0.25, 0.3) is 0 Å². The molecule has 0 fully saturated rings. The van der Waals surface area contributed by atoms with Gasteiger partial charge in [-0.2, -0.15) is 5.10 Å². The molecule has 6 heteroatoms. The summed E-state index contributed by atoms with van der Waals surface area (Å²) in [7, 11) is 0. The van der Waals surface area contributed by atoms with Crippen LogP contribution in [0.3, 0.4) is 0 Å². The maximum atomic E-state index is 10.3. The summed E-state index contributed by atoms with van der Waals surface area (Å²) in [6.07, 6.45) is 0.419. The van der Waals surface area contributed by atoms with Crippen molar-refractivity contribution in [2.45, 2.75) is 6.92 Å². The van der Waals surface area contributed by atoms with Gasteiger partial charge in [0.2, 0.25) is 0 Å². The summed E-state index contributed by atoms with van der Waals surface area (Å²) in [6, 6.07) is 9.64. The van der Waals surface area contributed by atoms with Crippen molar-refractivity contribution in [1.29, 1.82) is 0 Å². The molecule has 3 N–H and O–H groups in total. The van der Waals surface area contributed by atoms with Crippen molar-refractivity contribution < 1.29 is 9.90 Å². The Morgan fingerprint density at radius 2 is 2.11 bits per heavy atom. The Bertz CT molecular complexity index is 575. The first-order valence-electron chi connectivity index (χ1n) is 5.31. The number of nitrogens with one attached hydrogen (secondary N) is 2. The van der Waals surface area contributed by atoms with Gasteiger partial charge in [0, 0.05) is 5.56 Å². The van der Waals surface area contributed by atoms with Gasteiger partial charge in [0.15, 0.2) is 0 Å². The Morgan fingerprint density at radius 3 is 2.78 bits per heavy atom. The van der Waals surface area contributed by atoms with E-state index in [1.54, 1.807) is 13.1 Å². The third kappa shape index (κ3) is 2.73.